The maximum Gasteiger partial charge on any atom is 0.310 e. The van der Waals surface area contributed by atoms with Crippen molar-refractivity contribution in [1.29, 1.82) is 0 Å². The molecule has 1 saturated heterocycles. The number of aromatic nitrogens is 1. The third-order valence-electron chi connectivity index (χ3n) is 3.99. The number of carbonyl (C=O) groups excluding carboxylic acids is 2. The Bertz CT molecular complexity index is 908. The fourth-order valence-corrected chi connectivity index (χ4v) is 5.31. The minimum atomic E-state index is -3.13. The Balaban J connectivity index is 1.66. The van der Waals surface area contributed by atoms with Crippen LogP contribution in [0.15, 0.2) is 35.7 Å². The second kappa shape index (κ2) is 7.55. The lowest BCUT2D eigenvalue weighted by molar-refractivity contribution is -0.149. The molecule has 0 saturated carbocycles. The first-order valence-electron chi connectivity index (χ1n) is 8.03. The molecule has 0 spiro atoms. The number of amides is 1. The first kappa shape index (κ1) is 18.5. The number of ether oxygens (including phenoxy) is 1. The van der Waals surface area contributed by atoms with Crippen LogP contribution in [0.3, 0.4) is 0 Å². The summed E-state index contributed by atoms with van der Waals surface area (Å²) in [4.78, 5) is 29.9. The van der Waals surface area contributed by atoms with Crippen LogP contribution in [0.4, 0.5) is 10.8 Å². The van der Waals surface area contributed by atoms with Crippen molar-refractivity contribution in [2.75, 3.05) is 16.4 Å². The number of hydrogen-bond acceptors (Lipinski definition) is 7. The number of carbonyl (C=O) groups is 2. The van der Waals surface area contributed by atoms with E-state index >= 15 is 0 Å². The maximum absolute atomic E-state index is 12.0. The topological polar surface area (TPSA) is 93.6 Å². The van der Waals surface area contributed by atoms with Crippen molar-refractivity contribution < 1.29 is 22.7 Å². The van der Waals surface area contributed by atoms with Gasteiger partial charge in [-0.3, -0.25) is 14.5 Å². The molecule has 3 rings (SSSR count). The second-order valence-corrected chi connectivity index (χ2v) is 9.08. The van der Waals surface area contributed by atoms with Gasteiger partial charge < -0.3 is 4.74 Å². The molecule has 1 unspecified atom stereocenters. The van der Waals surface area contributed by atoms with E-state index in [9.17, 15) is 18.0 Å². The molecular formula is C17H18N2O5S2. The predicted octanol–water partition coefficient (Wildman–Crippen LogP) is 2.31. The summed E-state index contributed by atoms with van der Waals surface area (Å²) in [6.45, 7) is 1.40. The van der Waals surface area contributed by atoms with Crippen LogP contribution < -0.4 is 4.90 Å². The zero-order chi connectivity index (χ0) is 18.7. The lowest BCUT2D eigenvalue weighted by Crippen LogP contribution is -2.22. The summed E-state index contributed by atoms with van der Waals surface area (Å²) in [7, 11) is -3.13. The lowest BCUT2D eigenvalue weighted by Gasteiger charge is -2.17. The fraction of sp³-hybridized carbons (Fsp3) is 0.353. The lowest BCUT2D eigenvalue weighted by atomic mass is 10.1. The molecule has 1 aliphatic heterocycles. The highest BCUT2D eigenvalue weighted by atomic mass is 32.2. The monoisotopic (exact) mass is 394 g/mol. The van der Waals surface area contributed by atoms with Crippen LogP contribution in [0.2, 0.25) is 0 Å². The fourth-order valence-electron chi connectivity index (χ4n) is 2.71. The van der Waals surface area contributed by atoms with Crippen LogP contribution in [0.5, 0.6) is 0 Å². The van der Waals surface area contributed by atoms with Crippen molar-refractivity contribution in [3.63, 3.8) is 0 Å². The summed E-state index contributed by atoms with van der Waals surface area (Å²) in [5.41, 5.74) is 1.22. The molecule has 26 heavy (non-hydrogen) atoms. The quantitative estimate of drug-likeness (QED) is 0.723. The number of thiazole rings is 1. The number of anilines is 2. The van der Waals surface area contributed by atoms with Gasteiger partial charge in [-0.05, 0) is 18.6 Å². The molecule has 1 aromatic heterocycles. The summed E-state index contributed by atoms with van der Waals surface area (Å²) in [5.74, 6) is -1.42. The van der Waals surface area contributed by atoms with Gasteiger partial charge in [0, 0.05) is 12.3 Å². The maximum atomic E-state index is 12.0. The molecular weight excluding hydrogens is 376 g/mol. The Labute approximate surface area is 155 Å². The molecule has 1 fully saturated rings. The van der Waals surface area contributed by atoms with Crippen LogP contribution in [-0.4, -0.2) is 36.8 Å². The number of hydrogen-bond donors (Lipinski definition) is 0. The van der Waals surface area contributed by atoms with Crippen LogP contribution in [0.1, 0.15) is 19.0 Å². The number of rotatable bonds is 5. The number of esters is 1. The third-order valence-corrected chi connectivity index (χ3v) is 6.63. The van der Waals surface area contributed by atoms with E-state index in [1.165, 1.54) is 23.2 Å². The van der Waals surface area contributed by atoms with E-state index in [0.717, 1.165) is 0 Å². The Morgan fingerprint density at radius 1 is 1.31 bits per heavy atom. The summed E-state index contributed by atoms with van der Waals surface area (Å²) in [6, 6.07) is 9.14. The highest BCUT2D eigenvalue weighted by molar-refractivity contribution is 7.91. The van der Waals surface area contributed by atoms with E-state index in [2.05, 4.69) is 4.98 Å². The van der Waals surface area contributed by atoms with E-state index in [1.54, 1.807) is 5.38 Å². The van der Waals surface area contributed by atoms with Gasteiger partial charge in [0.1, 0.15) is 6.61 Å². The largest absolute Gasteiger partial charge is 0.459 e. The summed E-state index contributed by atoms with van der Waals surface area (Å²) in [5, 5.41) is 2.20. The molecule has 0 aliphatic carbocycles. The van der Waals surface area contributed by atoms with Gasteiger partial charge in [0.2, 0.25) is 5.91 Å². The molecule has 0 radical (unpaired) electrons. The smallest absolute Gasteiger partial charge is 0.310 e. The van der Waals surface area contributed by atoms with Gasteiger partial charge in [-0.25, -0.2) is 13.4 Å². The summed E-state index contributed by atoms with van der Waals surface area (Å²) >= 11 is 1.27. The average Bonchev–Trinajstić information content (AvgIpc) is 3.20. The third kappa shape index (κ3) is 4.28. The minimum Gasteiger partial charge on any atom is -0.459 e. The van der Waals surface area contributed by atoms with Crippen LogP contribution in [-0.2, 0) is 30.8 Å². The van der Waals surface area contributed by atoms with Gasteiger partial charge in [0.05, 0.1) is 28.8 Å². The zero-order valence-corrected chi connectivity index (χ0v) is 15.8. The highest BCUT2D eigenvalue weighted by Crippen LogP contribution is 2.29. The molecule has 2 aromatic rings. The van der Waals surface area contributed by atoms with Crippen LogP contribution in [0, 0.1) is 5.92 Å². The molecule has 1 atom stereocenters. The number of nitrogens with zero attached hydrogens (tertiary/aromatic N) is 2. The SMILES string of the molecule is CC(=O)N(c1ccccc1)c1nc(COC(=O)C2CCS(=O)(=O)C2)cs1. The van der Waals surface area contributed by atoms with E-state index in [-0.39, 0.29) is 24.0 Å². The van der Waals surface area contributed by atoms with Gasteiger partial charge in [0.15, 0.2) is 15.0 Å². The first-order valence-corrected chi connectivity index (χ1v) is 10.7. The van der Waals surface area contributed by atoms with Crippen molar-refractivity contribution in [3.8, 4) is 0 Å². The molecule has 138 valence electrons. The Morgan fingerprint density at radius 2 is 2.04 bits per heavy atom. The van der Waals surface area contributed by atoms with Crippen LogP contribution in [0.25, 0.3) is 0 Å². The van der Waals surface area contributed by atoms with E-state index in [0.29, 0.717) is 22.9 Å². The molecule has 1 aliphatic rings. The first-order chi connectivity index (χ1) is 12.4. The van der Waals surface area contributed by atoms with Crippen molar-refractivity contribution in [2.24, 2.45) is 5.92 Å². The molecule has 0 bridgehead atoms. The average molecular weight is 394 g/mol. The molecule has 1 aromatic carbocycles. The van der Waals surface area contributed by atoms with Crippen molar-refractivity contribution >= 4 is 43.9 Å². The highest BCUT2D eigenvalue weighted by Gasteiger charge is 2.34. The van der Waals surface area contributed by atoms with Crippen molar-refractivity contribution in [3.05, 3.63) is 41.4 Å². The molecule has 1 amide bonds. The van der Waals surface area contributed by atoms with Gasteiger partial charge in [-0.2, -0.15) is 0 Å². The Morgan fingerprint density at radius 3 is 2.65 bits per heavy atom. The number of sulfone groups is 1. The van der Waals surface area contributed by atoms with Gasteiger partial charge in [0.25, 0.3) is 0 Å². The molecule has 9 heteroatoms. The van der Waals surface area contributed by atoms with Crippen molar-refractivity contribution in [2.45, 2.75) is 20.0 Å². The molecule has 2 heterocycles. The van der Waals surface area contributed by atoms with Crippen molar-refractivity contribution in [1.82, 2.24) is 4.98 Å². The molecule has 0 N–H and O–H groups in total. The Kier molecular flexibility index (Phi) is 5.38. The van der Waals surface area contributed by atoms with Crippen LogP contribution >= 0.6 is 11.3 Å². The standard InChI is InChI=1S/C17H18N2O5S2/c1-12(20)19(15-5-3-2-4-6-15)17-18-14(10-25-17)9-24-16(21)13-7-8-26(22,23)11-13/h2-6,10,13H,7-9,11H2,1H3. The van der Waals surface area contributed by atoms with Gasteiger partial charge in [-0.15, -0.1) is 11.3 Å². The summed E-state index contributed by atoms with van der Waals surface area (Å²) in [6.07, 6.45) is 0.301. The van der Waals surface area contributed by atoms with E-state index in [4.69, 9.17) is 4.74 Å². The minimum absolute atomic E-state index is 0.0261. The predicted molar refractivity (Wildman–Crippen MR) is 97.9 cm³/mol. The Hall–Kier alpha value is -2.26. The normalized spacial score (nSPS) is 18.4. The van der Waals surface area contributed by atoms with E-state index < -0.39 is 21.7 Å². The zero-order valence-electron chi connectivity index (χ0n) is 14.1. The second-order valence-electron chi connectivity index (χ2n) is 6.02. The summed E-state index contributed by atoms with van der Waals surface area (Å²) < 4.78 is 28.1. The van der Waals surface area contributed by atoms with E-state index in [1.807, 2.05) is 30.3 Å². The van der Waals surface area contributed by atoms with Gasteiger partial charge >= 0.3 is 5.97 Å². The molecule has 7 nitrogen and oxygen atoms in total. The number of para-hydroxylation sites is 1. The van der Waals surface area contributed by atoms with Gasteiger partial charge in [-0.1, -0.05) is 18.2 Å². The number of benzene rings is 1.